The second-order valence-electron chi connectivity index (χ2n) is 6.09. The van der Waals surface area contributed by atoms with Crippen molar-refractivity contribution in [1.29, 1.82) is 0 Å². The summed E-state index contributed by atoms with van der Waals surface area (Å²) in [6.45, 7) is 7.91. The largest absolute Gasteiger partial charge is 1.00 e. The molecule has 0 aromatic carbocycles. The molecular formula is C10H20B3F12KNO-3. The number of rotatable bonds is 0. The maximum atomic E-state index is 11.7. The van der Waals surface area contributed by atoms with Gasteiger partial charge in [0.05, 0.1) is 0 Å². The topological polar surface area (TPSA) is 20.3 Å². The van der Waals surface area contributed by atoms with Crippen molar-refractivity contribution in [2.75, 3.05) is 13.1 Å². The van der Waals surface area contributed by atoms with E-state index < -0.39 is 21.8 Å². The second-order valence-corrected chi connectivity index (χ2v) is 6.09. The van der Waals surface area contributed by atoms with Crippen LogP contribution in [0, 0.1) is 5.41 Å². The Morgan fingerprint density at radius 3 is 1.07 bits per heavy atom. The minimum atomic E-state index is -6.00. The summed E-state index contributed by atoms with van der Waals surface area (Å²) in [6.07, 6.45) is 3.65. The first-order valence-corrected chi connectivity index (χ1v) is 7.43. The smallest absolute Gasteiger partial charge is 1.00 e. The quantitative estimate of drug-likeness (QED) is 0.394. The molecule has 1 rings (SSSR count). The number of carbonyl (C=O) groups is 1. The molecule has 1 heterocycles. The summed E-state index contributed by atoms with van der Waals surface area (Å²) in [5.41, 5.74) is -0.197. The molecule has 18 heteroatoms. The molecule has 1 amide bonds. The van der Waals surface area contributed by atoms with E-state index in [1.165, 1.54) is 19.3 Å². The first-order valence-electron chi connectivity index (χ1n) is 7.43. The first kappa shape index (κ1) is 35.9. The zero-order chi connectivity index (χ0) is 22.7. The molecule has 0 aliphatic carbocycles. The zero-order valence-electron chi connectivity index (χ0n) is 16.7. The van der Waals surface area contributed by atoms with Gasteiger partial charge in [-0.2, -0.15) is 0 Å². The third-order valence-corrected chi connectivity index (χ3v) is 2.28. The van der Waals surface area contributed by atoms with Crippen molar-refractivity contribution in [3.05, 3.63) is 0 Å². The Balaban J connectivity index is -0.0000000965. The van der Waals surface area contributed by atoms with Gasteiger partial charge in [0.2, 0.25) is 5.91 Å². The number of hydrogen-bond donors (Lipinski definition) is 0. The number of carbonyl (C=O) groups excluding carboxylic acids is 1. The van der Waals surface area contributed by atoms with E-state index in [4.69, 9.17) is 0 Å². The zero-order valence-corrected chi connectivity index (χ0v) is 18.8. The Bertz CT molecular complexity index is 364. The maximum absolute atomic E-state index is 11.7. The third kappa shape index (κ3) is 50.3. The van der Waals surface area contributed by atoms with Gasteiger partial charge in [0.15, 0.2) is 0 Å². The number of likely N-dealkylation sites (tertiary alicyclic amines) is 1. The van der Waals surface area contributed by atoms with Gasteiger partial charge < -0.3 is 58.1 Å². The van der Waals surface area contributed by atoms with Crippen LogP contribution in [-0.2, 0) is 4.79 Å². The fourth-order valence-corrected chi connectivity index (χ4v) is 1.57. The SMILES string of the molecule is CC(C)(C)C(=O)N1CCCCC1.F[B-](F)(F)F.F[B-](F)(F)F.F[B-](F)(F)F.[H-].[K+]. The summed E-state index contributed by atoms with van der Waals surface area (Å²) in [4.78, 5) is 13.7. The van der Waals surface area contributed by atoms with Gasteiger partial charge in [-0.05, 0) is 19.3 Å². The van der Waals surface area contributed by atoms with Crippen molar-refractivity contribution in [3.63, 3.8) is 0 Å². The fourth-order valence-electron chi connectivity index (χ4n) is 1.57. The predicted molar refractivity (Wildman–Crippen MR) is 81.6 cm³/mol. The van der Waals surface area contributed by atoms with Crippen LogP contribution >= 0.6 is 0 Å². The van der Waals surface area contributed by atoms with Crippen LogP contribution in [-0.4, -0.2) is 45.7 Å². The molecule has 0 N–H and O–H groups in total. The average molecular weight is 470 g/mol. The van der Waals surface area contributed by atoms with Crippen LogP contribution in [0.1, 0.15) is 41.5 Å². The monoisotopic (exact) mass is 470 g/mol. The summed E-state index contributed by atoms with van der Waals surface area (Å²) < 4.78 is 117. The normalized spacial score (nSPS) is 14.8. The van der Waals surface area contributed by atoms with Crippen molar-refractivity contribution < 1.29 is 109 Å². The molecule has 0 bridgehead atoms. The molecule has 1 saturated heterocycles. The Labute approximate surface area is 199 Å². The van der Waals surface area contributed by atoms with E-state index in [0.29, 0.717) is 5.91 Å². The minimum Gasteiger partial charge on any atom is -1.00 e. The van der Waals surface area contributed by atoms with Gasteiger partial charge in [-0.25, -0.2) is 0 Å². The molecular weight excluding hydrogens is 450 g/mol. The molecule has 0 saturated carbocycles. The average Bonchev–Trinajstić information content (AvgIpc) is 2.31. The fraction of sp³-hybridized carbons (Fsp3) is 0.900. The van der Waals surface area contributed by atoms with Crippen LogP contribution in [0.5, 0.6) is 0 Å². The van der Waals surface area contributed by atoms with Gasteiger partial charge in [0.1, 0.15) is 0 Å². The molecule has 0 unspecified atom stereocenters. The standard InChI is InChI=1S/C10H19NO.3BF4.K.H/c1-10(2,3)9(12)11-7-5-4-6-8-11;3*2-1(3,4)5;;/h4-8H2,1-3H3;;;;;/q;3*-1;+1;-1. The molecule has 0 atom stereocenters. The van der Waals surface area contributed by atoms with Gasteiger partial charge in [0, 0.05) is 18.5 Å². The van der Waals surface area contributed by atoms with Gasteiger partial charge in [-0.15, -0.1) is 0 Å². The van der Waals surface area contributed by atoms with Gasteiger partial charge >= 0.3 is 73.1 Å². The Kier molecular flexibility index (Phi) is 19.6. The maximum Gasteiger partial charge on any atom is 1.00 e. The van der Waals surface area contributed by atoms with E-state index in [1.807, 2.05) is 25.7 Å². The minimum absolute atomic E-state index is 0. The molecule has 1 aliphatic rings. The van der Waals surface area contributed by atoms with Crippen molar-refractivity contribution in [2.45, 2.75) is 40.0 Å². The summed E-state index contributed by atoms with van der Waals surface area (Å²) in [5, 5.41) is 0. The molecule has 0 aromatic heterocycles. The number of amides is 1. The van der Waals surface area contributed by atoms with Crippen molar-refractivity contribution in [2.24, 2.45) is 5.41 Å². The van der Waals surface area contributed by atoms with E-state index >= 15 is 0 Å². The molecule has 1 fully saturated rings. The number of piperidine rings is 1. The van der Waals surface area contributed by atoms with Gasteiger partial charge in [-0.3, -0.25) is 4.79 Å². The first-order chi connectivity index (χ1) is 11.5. The summed E-state index contributed by atoms with van der Waals surface area (Å²) in [7, 11) is -18.0. The van der Waals surface area contributed by atoms with Crippen LogP contribution in [0.25, 0.3) is 0 Å². The predicted octanol–water partition coefficient (Wildman–Crippen LogP) is 3.06. The third-order valence-electron chi connectivity index (χ3n) is 2.28. The van der Waals surface area contributed by atoms with E-state index in [1.54, 1.807) is 0 Å². The molecule has 28 heavy (non-hydrogen) atoms. The van der Waals surface area contributed by atoms with Crippen LogP contribution in [0.15, 0.2) is 0 Å². The van der Waals surface area contributed by atoms with Crippen molar-refractivity contribution in [3.8, 4) is 0 Å². The Morgan fingerprint density at radius 1 is 0.679 bits per heavy atom. The number of nitrogens with zero attached hydrogens (tertiary/aromatic N) is 1. The van der Waals surface area contributed by atoms with Crippen molar-refractivity contribution in [1.82, 2.24) is 4.90 Å². The summed E-state index contributed by atoms with van der Waals surface area (Å²) in [5.74, 6) is 0.308. The van der Waals surface area contributed by atoms with E-state index in [9.17, 15) is 56.6 Å². The molecule has 1 aliphatic heterocycles. The van der Waals surface area contributed by atoms with Crippen molar-refractivity contribution >= 4 is 27.7 Å². The molecule has 0 radical (unpaired) electrons. The van der Waals surface area contributed by atoms with E-state index in [2.05, 4.69) is 0 Å². The van der Waals surface area contributed by atoms with E-state index in [-0.39, 0.29) is 58.2 Å². The van der Waals surface area contributed by atoms with Gasteiger partial charge in [0.25, 0.3) is 0 Å². The van der Waals surface area contributed by atoms with Crippen LogP contribution in [0.3, 0.4) is 0 Å². The van der Waals surface area contributed by atoms with Crippen LogP contribution < -0.4 is 51.4 Å². The summed E-state index contributed by atoms with van der Waals surface area (Å²) in [6, 6.07) is 0. The Morgan fingerprint density at radius 2 is 0.893 bits per heavy atom. The second kappa shape index (κ2) is 15.3. The molecule has 0 aromatic rings. The Hall–Kier alpha value is 0.461. The van der Waals surface area contributed by atoms with E-state index in [0.717, 1.165) is 13.1 Å². The van der Waals surface area contributed by atoms with Crippen LogP contribution in [0.2, 0.25) is 0 Å². The molecule has 168 valence electrons. The molecule has 2 nitrogen and oxygen atoms in total. The number of halogens is 12. The molecule has 0 spiro atoms. The van der Waals surface area contributed by atoms with Gasteiger partial charge in [-0.1, -0.05) is 20.8 Å². The summed E-state index contributed by atoms with van der Waals surface area (Å²) >= 11 is 0. The number of hydrogen-bond acceptors (Lipinski definition) is 1. The van der Waals surface area contributed by atoms with Crippen LogP contribution in [0.4, 0.5) is 51.8 Å².